The van der Waals surface area contributed by atoms with Crippen molar-refractivity contribution in [2.45, 2.75) is 28.6 Å². The molecule has 0 fully saturated rings. The molecule has 0 spiro atoms. The SMILES string of the molecule is N#C[Se]C([Se]C#N)c1cccs1.NC(CCC(=O)NC(CS)C(=O)NCC(=O)O)C(=O)O. The molecule has 174 valence electrons. The van der Waals surface area contributed by atoms with Gasteiger partial charge in [-0.2, -0.15) is 12.6 Å². The Hall–Kier alpha value is -2.09. The molecule has 11 nitrogen and oxygen atoms in total. The number of hydrogen-bond donors (Lipinski definition) is 6. The monoisotopic (exact) mass is 615 g/mol. The number of thiol groups is 1. The van der Waals surface area contributed by atoms with Gasteiger partial charge in [0.05, 0.1) is 0 Å². The zero-order valence-electron chi connectivity index (χ0n) is 16.5. The molecular weight excluding hydrogens is 592 g/mol. The predicted octanol–water partition coefficient (Wildman–Crippen LogP) is -1.09. The summed E-state index contributed by atoms with van der Waals surface area (Å²) in [4.78, 5) is 49.3. The molecule has 2 atom stereocenters. The molecule has 15 heteroatoms. The van der Waals surface area contributed by atoms with E-state index in [-0.39, 0.29) is 52.2 Å². The number of carboxylic acid groups (broad SMARTS) is 2. The van der Waals surface area contributed by atoms with Crippen molar-refractivity contribution in [2.24, 2.45) is 5.73 Å². The van der Waals surface area contributed by atoms with Crippen LogP contribution in [0.3, 0.4) is 0 Å². The normalized spacial score (nSPS) is 11.7. The van der Waals surface area contributed by atoms with Crippen LogP contribution in [0, 0.1) is 20.5 Å². The maximum Gasteiger partial charge on any atom is 0.322 e. The molecule has 1 aromatic rings. The first-order chi connectivity index (χ1) is 15.2. The Bertz CT molecular complexity index is 827. The van der Waals surface area contributed by atoms with E-state index in [2.05, 4.69) is 33.2 Å². The quantitative estimate of drug-likeness (QED) is 0.125. The number of thiophene rings is 1. The van der Waals surface area contributed by atoms with Crippen LogP contribution < -0.4 is 16.4 Å². The van der Waals surface area contributed by atoms with Gasteiger partial charge in [-0.1, -0.05) is 0 Å². The number of carboxylic acids is 2. The maximum atomic E-state index is 11.5. The minimum Gasteiger partial charge on any atom is -0.480 e. The molecule has 2 amide bonds. The van der Waals surface area contributed by atoms with Crippen LogP contribution in [-0.4, -0.2) is 88.3 Å². The fourth-order valence-electron chi connectivity index (χ4n) is 1.82. The van der Waals surface area contributed by atoms with E-state index in [1.165, 1.54) is 4.88 Å². The fraction of sp³-hybridized carbons (Fsp3) is 0.412. The van der Waals surface area contributed by atoms with Crippen molar-refractivity contribution in [1.82, 2.24) is 10.6 Å². The largest absolute Gasteiger partial charge is 0.480 e. The van der Waals surface area contributed by atoms with E-state index in [4.69, 9.17) is 26.5 Å². The predicted molar refractivity (Wildman–Crippen MR) is 121 cm³/mol. The first kappa shape index (κ1) is 29.9. The van der Waals surface area contributed by atoms with Crippen LogP contribution in [0.4, 0.5) is 0 Å². The van der Waals surface area contributed by atoms with Gasteiger partial charge in [-0.25, -0.2) is 0 Å². The molecule has 0 aromatic carbocycles. The van der Waals surface area contributed by atoms with Crippen molar-refractivity contribution >= 4 is 77.6 Å². The van der Waals surface area contributed by atoms with Gasteiger partial charge in [0.1, 0.15) is 18.6 Å². The van der Waals surface area contributed by atoms with Crippen LogP contribution in [0.5, 0.6) is 0 Å². The summed E-state index contributed by atoms with van der Waals surface area (Å²) in [6, 6.07) is 1.82. The molecule has 0 bridgehead atoms. The molecule has 0 saturated heterocycles. The summed E-state index contributed by atoms with van der Waals surface area (Å²) in [5, 5.41) is 40.4. The molecule has 2 unspecified atom stereocenters. The fourth-order valence-corrected chi connectivity index (χ4v) is 6.64. The smallest absolute Gasteiger partial charge is 0.322 e. The Kier molecular flexibility index (Phi) is 16.3. The van der Waals surface area contributed by atoms with Crippen LogP contribution in [0.25, 0.3) is 0 Å². The summed E-state index contributed by atoms with van der Waals surface area (Å²) in [5.41, 5.74) is 5.23. The molecule has 0 aliphatic carbocycles. The molecule has 0 saturated carbocycles. The minimum atomic E-state index is -1.22. The number of hydrogen-bond acceptors (Lipinski definition) is 9. The Balaban J connectivity index is 0.000000677. The van der Waals surface area contributed by atoms with Crippen LogP contribution in [0.15, 0.2) is 17.5 Å². The number of nitrogens with two attached hydrogens (primary N) is 1. The second-order valence-corrected chi connectivity index (χ2v) is 12.3. The summed E-state index contributed by atoms with van der Waals surface area (Å²) in [6.07, 6.45) is -0.235. The third-order valence-electron chi connectivity index (χ3n) is 3.34. The Labute approximate surface area is 206 Å². The number of nitriles is 2. The molecule has 0 radical (unpaired) electrons. The van der Waals surface area contributed by atoms with E-state index in [0.717, 1.165) is 0 Å². The van der Waals surface area contributed by atoms with E-state index in [1.54, 1.807) is 11.3 Å². The Morgan fingerprint density at radius 1 is 1.22 bits per heavy atom. The van der Waals surface area contributed by atoms with Crippen molar-refractivity contribution in [3.8, 4) is 9.94 Å². The Morgan fingerprint density at radius 2 is 1.84 bits per heavy atom. The Morgan fingerprint density at radius 3 is 2.28 bits per heavy atom. The van der Waals surface area contributed by atoms with Crippen LogP contribution >= 0.6 is 24.0 Å². The van der Waals surface area contributed by atoms with Gasteiger partial charge in [-0.05, 0) is 6.42 Å². The van der Waals surface area contributed by atoms with Crippen molar-refractivity contribution in [1.29, 1.82) is 10.5 Å². The molecule has 32 heavy (non-hydrogen) atoms. The van der Waals surface area contributed by atoms with Crippen LogP contribution in [-0.2, 0) is 19.2 Å². The third-order valence-corrected chi connectivity index (χ3v) is 9.82. The first-order valence-corrected chi connectivity index (χ1v) is 13.9. The number of nitrogens with one attached hydrogen (secondary N) is 2. The van der Waals surface area contributed by atoms with Gasteiger partial charge in [0.15, 0.2) is 0 Å². The van der Waals surface area contributed by atoms with Crippen molar-refractivity contribution in [3.63, 3.8) is 0 Å². The van der Waals surface area contributed by atoms with Crippen LogP contribution in [0.1, 0.15) is 21.4 Å². The van der Waals surface area contributed by atoms with Crippen molar-refractivity contribution in [2.75, 3.05) is 12.3 Å². The van der Waals surface area contributed by atoms with Gasteiger partial charge in [-0.15, -0.1) is 0 Å². The third kappa shape index (κ3) is 13.3. The van der Waals surface area contributed by atoms with Gasteiger partial charge in [0, 0.05) is 12.2 Å². The maximum absolute atomic E-state index is 11.5. The molecule has 0 aliphatic heterocycles. The zero-order valence-corrected chi connectivity index (χ0v) is 21.6. The number of aliphatic carboxylic acids is 2. The standard InChI is InChI=1S/C10H17N3O6S.C7H4N2SSe2/c11-5(10(18)19)1-2-7(14)13-6(4-20)9(17)12-3-8(15)16;8-4-11-7(12-5-9)6-2-1-3-10-6/h5-6,20H,1-4,11H2,(H,12,17)(H,13,14)(H,15,16)(H,18,19);1-3,7H. The van der Waals surface area contributed by atoms with E-state index < -0.39 is 42.4 Å². The molecule has 1 aromatic heterocycles. The van der Waals surface area contributed by atoms with Gasteiger partial charge < -0.3 is 26.6 Å². The first-order valence-electron chi connectivity index (χ1n) is 8.67. The summed E-state index contributed by atoms with van der Waals surface area (Å²) in [5.74, 6) is -3.70. The molecular formula is C17H21N5O6S2Se2. The van der Waals surface area contributed by atoms with Gasteiger partial charge in [0.25, 0.3) is 0 Å². The van der Waals surface area contributed by atoms with Crippen LogP contribution in [0.2, 0.25) is 0 Å². The van der Waals surface area contributed by atoms with E-state index in [9.17, 15) is 19.2 Å². The summed E-state index contributed by atoms with van der Waals surface area (Å²) in [7, 11) is 0. The number of nitrogens with zero attached hydrogens (tertiary/aromatic N) is 2. The average Bonchev–Trinajstić information content (AvgIpc) is 3.29. The zero-order chi connectivity index (χ0) is 24.5. The summed E-state index contributed by atoms with van der Waals surface area (Å²) < 4.78 is 0.236. The summed E-state index contributed by atoms with van der Waals surface area (Å²) >= 11 is 5.38. The summed E-state index contributed by atoms with van der Waals surface area (Å²) in [6.45, 7) is -0.567. The number of carbonyl (C=O) groups excluding carboxylic acids is 2. The average molecular weight is 613 g/mol. The molecule has 0 aliphatic rings. The second kappa shape index (κ2) is 17.5. The molecule has 1 heterocycles. The van der Waals surface area contributed by atoms with Gasteiger partial charge in [0.2, 0.25) is 11.8 Å². The van der Waals surface area contributed by atoms with Crippen molar-refractivity contribution < 1.29 is 29.4 Å². The minimum absolute atomic E-state index is 0.0256. The second-order valence-electron chi connectivity index (χ2n) is 5.66. The number of rotatable bonds is 12. The van der Waals surface area contributed by atoms with E-state index in [0.29, 0.717) is 0 Å². The molecule has 1 rings (SSSR count). The van der Waals surface area contributed by atoms with E-state index in [1.807, 2.05) is 17.5 Å². The molecule has 6 N–H and O–H groups in total. The topological polar surface area (TPSA) is 206 Å². The number of carbonyl (C=O) groups is 4. The number of amides is 2. The van der Waals surface area contributed by atoms with Gasteiger partial charge in [-0.3, -0.25) is 19.2 Å². The van der Waals surface area contributed by atoms with Gasteiger partial charge >= 0.3 is 99.8 Å². The van der Waals surface area contributed by atoms with E-state index >= 15 is 0 Å². The van der Waals surface area contributed by atoms with Crippen molar-refractivity contribution in [3.05, 3.63) is 22.4 Å².